The molecule has 4 aliphatic rings. The van der Waals surface area contributed by atoms with Crippen LogP contribution in [0.4, 0.5) is 10.2 Å². The molecule has 3 aliphatic heterocycles. The topological polar surface area (TPSA) is 82.5 Å². The molecule has 1 saturated heterocycles. The predicted octanol–water partition coefficient (Wildman–Crippen LogP) is 4.91. The molecular formula is C26H30ClFN6O. The Bertz CT molecular complexity index is 1140. The second-order valence-electron chi connectivity index (χ2n) is 9.36. The van der Waals surface area contributed by atoms with Gasteiger partial charge < -0.3 is 15.5 Å². The van der Waals surface area contributed by atoms with Crippen molar-refractivity contribution >= 4 is 34.7 Å². The van der Waals surface area contributed by atoms with Crippen molar-refractivity contribution in [3.63, 3.8) is 0 Å². The smallest absolute Gasteiger partial charge is 0.223 e. The standard InChI is InChI=1S/C26H30ClFN6O/c27-18-12-20-21(15-31-24(20)29-13-18)25-32-16-22(28)26(33-25)30-14-19-8-4-5-11-34(19)23(35)10-9-17-6-2-1-3-7-17/h2,6-7,13,15-16,19-20H,1,3-5,8-12,14H2,(H,29,31)(H,30,32,33)/t19-,20?/m1/s1. The molecule has 5 rings (SSSR count). The molecule has 0 spiro atoms. The number of halogens is 2. The van der Waals surface area contributed by atoms with E-state index in [1.165, 1.54) is 11.8 Å². The van der Waals surface area contributed by atoms with Gasteiger partial charge in [-0.1, -0.05) is 35.4 Å². The Kier molecular flexibility index (Phi) is 7.27. The molecule has 9 heteroatoms. The van der Waals surface area contributed by atoms with E-state index in [1.807, 2.05) is 11.1 Å². The number of piperidine rings is 1. The average Bonchev–Trinajstić information content (AvgIpc) is 3.30. The van der Waals surface area contributed by atoms with Gasteiger partial charge in [0.05, 0.1) is 12.1 Å². The Hall–Kier alpha value is -3.00. The van der Waals surface area contributed by atoms with Crippen molar-refractivity contribution in [3.8, 4) is 0 Å². The fourth-order valence-corrected chi connectivity index (χ4v) is 5.28. The lowest BCUT2D eigenvalue weighted by atomic mass is 9.95. The quantitative estimate of drug-likeness (QED) is 0.560. The Morgan fingerprint density at radius 1 is 1.31 bits per heavy atom. The van der Waals surface area contributed by atoms with Crippen molar-refractivity contribution in [2.24, 2.45) is 10.9 Å². The van der Waals surface area contributed by atoms with Crippen LogP contribution in [-0.4, -0.2) is 45.7 Å². The second-order valence-corrected chi connectivity index (χ2v) is 9.84. The number of aliphatic imine (C=N–C) groups is 1. The third kappa shape index (κ3) is 5.48. The van der Waals surface area contributed by atoms with Crippen molar-refractivity contribution in [1.82, 2.24) is 20.2 Å². The van der Waals surface area contributed by atoms with Crippen LogP contribution in [0.2, 0.25) is 0 Å². The van der Waals surface area contributed by atoms with Crippen molar-refractivity contribution in [2.45, 2.75) is 57.4 Å². The molecule has 1 aromatic rings. The number of carbonyl (C=O) groups is 1. The van der Waals surface area contributed by atoms with E-state index in [0.717, 1.165) is 56.5 Å². The third-order valence-corrected chi connectivity index (χ3v) is 7.23. The summed E-state index contributed by atoms with van der Waals surface area (Å²) in [7, 11) is 0. The number of fused-ring (bicyclic) bond motifs is 1. The number of carbonyl (C=O) groups excluding carboxylic acids is 1. The summed E-state index contributed by atoms with van der Waals surface area (Å²) in [6, 6.07) is 0.0123. The Labute approximate surface area is 210 Å². The van der Waals surface area contributed by atoms with Crippen LogP contribution in [0.25, 0.3) is 5.57 Å². The maximum absolute atomic E-state index is 14.6. The molecule has 1 unspecified atom stereocenters. The van der Waals surface area contributed by atoms with E-state index in [4.69, 9.17) is 11.6 Å². The van der Waals surface area contributed by atoms with Gasteiger partial charge in [0.25, 0.3) is 0 Å². The molecule has 184 valence electrons. The van der Waals surface area contributed by atoms with Crippen LogP contribution in [0.1, 0.15) is 57.2 Å². The summed E-state index contributed by atoms with van der Waals surface area (Å²) in [4.78, 5) is 28.0. The molecule has 2 N–H and O–H groups in total. The van der Waals surface area contributed by atoms with Crippen LogP contribution >= 0.6 is 11.6 Å². The summed E-state index contributed by atoms with van der Waals surface area (Å²) in [5, 5.41) is 6.96. The lowest BCUT2D eigenvalue weighted by Crippen LogP contribution is -2.47. The van der Waals surface area contributed by atoms with E-state index in [0.29, 0.717) is 30.2 Å². The number of allylic oxidation sites excluding steroid dienone is 5. The minimum atomic E-state index is -0.513. The van der Waals surface area contributed by atoms with Crippen molar-refractivity contribution < 1.29 is 9.18 Å². The van der Waals surface area contributed by atoms with Crippen LogP contribution in [0.5, 0.6) is 0 Å². The fraction of sp³-hybridized carbons (Fsp3) is 0.462. The van der Waals surface area contributed by atoms with Crippen LogP contribution in [0.3, 0.4) is 0 Å². The molecule has 0 radical (unpaired) electrons. The average molecular weight is 497 g/mol. The van der Waals surface area contributed by atoms with Crippen LogP contribution < -0.4 is 10.6 Å². The fourth-order valence-electron chi connectivity index (χ4n) is 5.08. The highest BCUT2D eigenvalue weighted by molar-refractivity contribution is 6.30. The zero-order chi connectivity index (χ0) is 24.2. The zero-order valence-electron chi connectivity index (χ0n) is 19.6. The van der Waals surface area contributed by atoms with Gasteiger partial charge in [0.15, 0.2) is 17.5 Å². The summed E-state index contributed by atoms with van der Waals surface area (Å²) >= 11 is 6.18. The molecule has 35 heavy (non-hydrogen) atoms. The van der Waals surface area contributed by atoms with Gasteiger partial charge >= 0.3 is 0 Å². The molecule has 1 aliphatic carbocycles. The van der Waals surface area contributed by atoms with Gasteiger partial charge in [0.1, 0.15) is 5.84 Å². The van der Waals surface area contributed by atoms with Crippen molar-refractivity contribution in [2.75, 3.05) is 18.4 Å². The van der Waals surface area contributed by atoms with E-state index in [-0.39, 0.29) is 23.7 Å². The highest BCUT2D eigenvalue weighted by Gasteiger charge is 2.32. The number of nitrogens with one attached hydrogen (secondary N) is 2. The highest BCUT2D eigenvalue weighted by Crippen LogP contribution is 2.35. The first-order valence-corrected chi connectivity index (χ1v) is 12.8. The Morgan fingerprint density at radius 3 is 3.09 bits per heavy atom. The molecule has 0 bridgehead atoms. The molecule has 1 aromatic heterocycles. The summed E-state index contributed by atoms with van der Waals surface area (Å²) < 4.78 is 14.6. The number of aromatic nitrogens is 2. The Balaban J connectivity index is 1.23. The zero-order valence-corrected chi connectivity index (χ0v) is 20.4. The molecule has 4 heterocycles. The van der Waals surface area contributed by atoms with E-state index in [9.17, 15) is 9.18 Å². The number of amides is 1. The molecule has 1 amide bonds. The number of likely N-dealkylation sites (tertiary alicyclic amines) is 1. The molecule has 2 atom stereocenters. The van der Waals surface area contributed by atoms with E-state index in [2.05, 4.69) is 43.8 Å². The highest BCUT2D eigenvalue weighted by atomic mass is 35.5. The van der Waals surface area contributed by atoms with Gasteiger partial charge in [-0.2, -0.15) is 0 Å². The Morgan fingerprint density at radius 2 is 2.23 bits per heavy atom. The van der Waals surface area contributed by atoms with Gasteiger partial charge in [-0.3, -0.25) is 4.79 Å². The SMILES string of the molecule is O=C(CCC1=CCCC=C1)N1CCCC[C@@H]1CNc1nc(C2=CNC3=NC=C(Cl)CC23)ncc1F. The number of hydrogen-bond acceptors (Lipinski definition) is 6. The first-order chi connectivity index (χ1) is 17.1. The normalized spacial score (nSPS) is 23.5. The maximum atomic E-state index is 14.6. The number of hydrogen-bond donors (Lipinski definition) is 2. The first-order valence-electron chi connectivity index (χ1n) is 12.4. The molecule has 0 aromatic carbocycles. The van der Waals surface area contributed by atoms with Gasteiger partial charge in [-0.15, -0.1) is 0 Å². The summed E-state index contributed by atoms with van der Waals surface area (Å²) in [6.45, 7) is 1.19. The van der Waals surface area contributed by atoms with E-state index < -0.39 is 5.82 Å². The first kappa shape index (κ1) is 23.7. The maximum Gasteiger partial charge on any atom is 0.223 e. The number of anilines is 1. The largest absolute Gasteiger partial charge is 0.365 e. The summed E-state index contributed by atoms with van der Waals surface area (Å²) in [5.41, 5.74) is 2.07. The molecule has 1 fully saturated rings. The minimum absolute atomic E-state index is 0.0123. The predicted molar refractivity (Wildman–Crippen MR) is 136 cm³/mol. The van der Waals surface area contributed by atoms with Gasteiger partial charge in [0.2, 0.25) is 5.91 Å². The third-order valence-electron chi connectivity index (χ3n) is 6.98. The molecular weight excluding hydrogens is 467 g/mol. The van der Waals surface area contributed by atoms with Crippen molar-refractivity contribution in [3.05, 3.63) is 59.1 Å². The van der Waals surface area contributed by atoms with Crippen molar-refractivity contribution in [1.29, 1.82) is 0 Å². The van der Waals surface area contributed by atoms with Crippen LogP contribution in [-0.2, 0) is 4.79 Å². The van der Waals surface area contributed by atoms with E-state index >= 15 is 0 Å². The number of amidine groups is 1. The lowest BCUT2D eigenvalue weighted by molar-refractivity contribution is -0.134. The van der Waals surface area contributed by atoms with Crippen LogP contribution in [0.15, 0.2) is 52.4 Å². The summed E-state index contributed by atoms with van der Waals surface area (Å²) in [6.07, 6.45) is 18.1. The number of rotatable bonds is 7. The minimum Gasteiger partial charge on any atom is -0.365 e. The summed E-state index contributed by atoms with van der Waals surface area (Å²) in [5.74, 6) is 0.966. The lowest BCUT2D eigenvalue weighted by Gasteiger charge is -2.36. The van der Waals surface area contributed by atoms with Gasteiger partial charge in [-0.25, -0.2) is 19.4 Å². The van der Waals surface area contributed by atoms with Gasteiger partial charge in [0, 0.05) is 48.6 Å². The molecule has 0 saturated carbocycles. The van der Waals surface area contributed by atoms with Gasteiger partial charge in [-0.05, 0) is 44.9 Å². The van der Waals surface area contributed by atoms with E-state index in [1.54, 1.807) is 6.20 Å². The monoisotopic (exact) mass is 496 g/mol. The van der Waals surface area contributed by atoms with Crippen LogP contribution in [0, 0.1) is 11.7 Å². The second kappa shape index (κ2) is 10.7. The molecule has 7 nitrogen and oxygen atoms in total. The number of nitrogens with zero attached hydrogens (tertiary/aromatic N) is 4.